The lowest BCUT2D eigenvalue weighted by atomic mass is 10.1. The first-order valence-electron chi connectivity index (χ1n) is 6.71. The smallest absolute Gasteiger partial charge is 0.406 e. The van der Waals surface area contributed by atoms with Gasteiger partial charge in [-0.25, -0.2) is 0 Å². The van der Waals surface area contributed by atoms with Crippen molar-refractivity contribution in [2.75, 3.05) is 20.1 Å². The summed E-state index contributed by atoms with van der Waals surface area (Å²) in [5.41, 5.74) is 0.842. The van der Waals surface area contributed by atoms with Crippen LogP contribution in [0.15, 0.2) is 24.3 Å². The fraction of sp³-hybridized carbons (Fsp3) is 0.571. The minimum Gasteiger partial charge on any atom is -0.406 e. The second-order valence-electron chi connectivity index (χ2n) is 5.02. The molecule has 120 valence electrons. The van der Waals surface area contributed by atoms with E-state index in [4.69, 9.17) is 0 Å². The molecule has 1 atom stereocenters. The maximum Gasteiger partial charge on any atom is 0.573 e. The zero-order valence-electron chi connectivity index (χ0n) is 11.8. The molecule has 1 aliphatic rings. The lowest BCUT2D eigenvalue weighted by molar-refractivity contribution is -0.274. The van der Waals surface area contributed by atoms with Crippen LogP contribution in [0.4, 0.5) is 13.2 Å². The third-order valence-corrected chi connectivity index (χ3v) is 3.46. The van der Waals surface area contributed by atoms with Gasteiger partial charge in [0.15, 0.2) is 0 Å². The number of hydrogen-bond acceptors (Lipinski definition) is 3. The minimum absolute atomic E-state index is 0. The van der Waals surface area contributed by atoms with Crippen LogP contribution >= 0.6 is 12.4 Å². The van der Waals surface area contributed by atoms with E-state index in [1.54, 1.807) is 6.07 Å². The molecule has 7 heteroatoms. The lowest BCUT2D eigenvalue weighted by Gasteiger charge is -2.24. The standard InChI is InChI=1S/C14H19F3N2O.ClH/c1-18-9-12-5-3-7-19(12)10-11-4-2-6-13(8-11)20-14(15,16)17;/h2,4,6,8,12,18H,3,5,7,9-10H2,1H3;1H. The largest absolute Gasteiger partial charge is 0.573 e. The van der Waals surface area contributed by atoms with Gasteiger partial charge in [0.05, 0.1) is 0 Å². The zero-order chi connectivity index (χ0) is 14.6. The first kappa shape index (κ1) is 18.1. The highest BCUT2D eigenvalue weighted by atomic mass is 35.5. The zero-order valence-corrected chi connectivity index (χ0v) is 12.6. The Kier molecular flexibility index (Phi) is 6.77. The Hall–Kier alpha value is -0.980. The Balaban J connectivity index is 0.00000220. The van der Waals surface area contributed by atoms with E-state index >= 15 is 0 Å². The van der Waals surface area contributed by atoms with Crippen molar-refractivity contribution in [2.24, 2.45) is 0 Å². The molecule has 1 saturated heterocycles. The molecule has 0 saturated carbocycles. The van der Waals surface area contributed by atoms with Gasteiger partial charge in [-0.3, -0.25) is 4.90 Å². The summed E-state index contributed by atoms with van der Waals surface area (Å²) in [6.07, 6.45) is -2.38. The van der Waals surface area contributed by atoms with Gasteiger partial charge in [-0.05, 0) is 44.1 Å². The van der Waals surface area contributed by atoms with Crippen LogP contribution in [0.5, 0.6) is 5.75 Å². The van der Waals surface area contributed by atoms with Crippen molar-refractivity contribution in [1.29, 1.82) is 0 Å². The number of benzene rings is 1. The van der Waals surface area contributed by atoms with Gasteiger partial charge in [-0.15, -0.1) is 25.6 Å². The molecule has 0 aromatic heterocycles. The molecule has 0 radical (unpaired) electrons. The molecular weight excluding hydrogens is 305 g/mol. The summed E-state index contributed by atoms with van der Waals surface area (Å²) in [6.45, 7) is 2.54. The Morgan fingerprint density at radius 1 is 1.38 bits per heavy atom. The van der Waals surface area contributed by atoms with Crippen molar-refractivity contribution in [1.82, 2.24) is 10.2 Å². The first-order chi connectivity index (χ1) is 9.48. The van der Waals surface area contributed by atoms with Crippen molar-refractivity contribution in [3.63, 3.8) is 0 Å². The summed E-state index contributed by atoms with van der Waals surface area (Å²) in [5, 5.41) is 3.15. The highest BCUT2D eigenvalue weighted by Gasteiger charge is 2.31. The number of alkyl halides is 3. The summed E-state index contributed by atoms with van der Waals surface area (Å²) < 4.78 is 40.5. The summed E-state index contributed by atoms with van der Waals surface area (Å²) in [7, 11) is 1.91. The molecule has 0 bridgehead atoms. The Bertz CT molecular complexity index is 442. The fourth-order valence-corrected chi connectivity index (χ4v) is 2.65. The summed E-state index contributed by atoms with van der Waals surface area (Å²) >= 11 is 0. The molecule has 0 spiro atoms. The van der Waals surface area contributed by atoms with Gasteiger partial charge in [-0.2, -0.15) is 0 Å². The van der Waals surface area contributed by atoms with Crippen LogP contribution in [0.3, 0.4) is 0 Å². The minimum atomic E-state index is -4.64. The summed E-state index contributed by atoms with van der Waals surface area (Å²) in [4.78, 5) is 2.29. The van der Waals surface area contributed by atoms with Crippen LogP contribution < -0.4 is 10.1 Å². The van der Waals surface area contributed by atoms with E-state index in [-0.39, 0.29) is 18.2 Å². The van der Waals surface area contributed by atoms with Crippen molar-refractivity contribution in [3.05, 3.63) is 29.8 Å². The van der Waals surface area contributed by atoms with Crippen LogP contribution in [-0.2, 0) is 6.54 Å². The number of likely N-dealkylation sites (tertiary alicyclic amines) is 1. The van der Waals surface area contributed by atoms with E-state index in [0.717, 1.165) is 31.5 Å². The number of rotatable bonds is 5. The normalized spacial score (nSPS) is 19.3. The number of hydrogen-bond donors (Lipinski definition) is 1. The quantitative estimate of drug-likeness (QED) is 0.900. The van der Waals surface area contributed by atoms with Gasteiger partial charge >= 0.3 is 6.36 Å². The number of nitrogens with zero attached hydrogens (tertiary/aromatic N) is 1. The van der Waals surface area contributed by atoms with Crippen LogP contribution in [0.2, 0.25) is 0 Å². The van der Waals surface area contributed by atoms with Crippen molar-refractivity contribution < 1.29 is 17.9 Å². The number of likely N-dealkylation sites (N-methyl/N-ethyl adjacent to an activating group) is 1. The molecule has 2 rings (SSSR count). The lowest BCUT2D eigenvalue weighted by Crippen LogP contribution is -2.36. The van der Waals surface area contributed by atoms with E-state index in [9.17, 15) is 13.2 Å². The van der Waals surface area contributed by atoms with Crippen LogP contribution in [-0.4, -0.2) is 37.4 Å². The first-order valence-corrected chi connectivity index (χ1v) is 6.71. The fourth-order valence-electron chi connectivity index (χ4n) is 2.65. The van der Waals surface area contributed by atoms with Gasteiger partial charge < -0.3 is 10.1 Å². The predicted molar refractivity (Wildman–Crippen MR) is 77.7 cm³/mol. The monoisotopic (exact) mass is 324 g/mol. The predicted octanol–water partition coefficient (Wildman–Crippen LogP) is 3.19. The molecule has 1 aromatic carbocycles. The van der Waals surface area contributed by atoms with Crippen molar-refractivity contribution in [3.8, 4) is 5.75 Å². The highest BCUT2D eigenvalue weighted by molar-refractivity contribution is 5.85. The van der Waals surface area contributed by atoms with Gasteiger partial charge in [0.1, 0.15) is 5.75 Å². The molecule has 1 unspecified atom stereocenters. The Morgan fingerprint density at radius 2 is 2.14 bits per heavy atom. The van der Waals surface area contributed by atoms with Crippen LogP contribution in [0.25, 0.3) is 0 Å². The maximum absolute atomic E-state index is 12.2. The second kappa shape index (κ2) is 7.87. The Morgan fingerprint density at radius 3 is 2.81 bits per heavy atom. The average molecular weight is 325 g/mol. The average Bonchev–Trinajstić information content (AvgIpc) is 2.75. The summed E-state index contributed by atoms with van der Waals surface area (Å²) in [5.74, 6) is -0.153. The van der Waals surface area contributed by atoms with E-state index in [1.165, 1.54) is 12.1 Å². The molecule has 1 fully saturated rings. The number of ether oxygens (including phenoxy) is 1. The molecule has 0 aliphatic carbocycles. The molecule has 1 heterocycles. The van der Waals surface area contributed by atoms with Gasteiger partial charge in [-0.1, -0.05) is 12.1 Å². The van der Waals surface area contributed by atoms with Crippen LogP contribution in [0.1, 0.15) is 18.4 Å². The van der Waals surface area contributed by atoms with Crippen molar-refractivity contribution >= 4 is 12.4 Å². The molecule has 21 heavy (non-hydrogen) atoms. The third kappa shape index (κ3) is 5.73. The van der Waals surface area contributed by atoms with Crippen LogP contribution in [0, 0.1) is 0 Å². The van der Waals surface area contributed by atoms with Crippen molar-refractivity contribution in [2.45, 2.75) is 31.8 Å². The van der Waals surface area contributed by atoms with E-state index in [1.807, 2.05) is 13.1 Å². The van der Waals surface area contributed by atoms with Gasteiger partial charge in [0, 0.05) is 19.1 Å². The number of halogens is 4. The van der Waals surface area contributed by atoms with E-state index in [2.05, 4.69) is 15.0 Å². The van der Waals surface area contributed by atoms with Gasteiger partial charge in [0.25, 0.3) is 0 Å². The second-order valence-corrected chi connectivity index (χ2v) is 5.02. The SMILES string of the molecule is CNCC1CCCN1Cc1cccc(OC(F)(F)F)c1.Cl. The summed E-state index contributed by atoms with van der Waals surface area (Å²) in [6, 6.07) is 6.67. The number of nitrogens with one attached hydrogen (secondary N) is 1. The molecule has 1 aromatic rings. The topological polar surface area (TPSA) is 24.5 Å². The van der Waals surface area contributed by atoms with E-state index < -0.39 is 6.36 Å². The maximum atomic E-state index is 12.2. The molecular formula is C14H20ClF3N2O. The highest BCUT2D eigenvalue weighted by Crippen LogP contribution is 2.25. The molecule has 1 N–H and O–H groups in total. The van der Waals surface area contributed by atoms with Gasteiger partial charge in [0.2, 0.25) is 0 Å². The van der Waals surface area contributed by atoms with E-state index in [0.29, 0.717) is 12.6 Å². The third-order valence-electron chi connectivity index (χ3n) is 3.46. The molecule has 3 nitrogen and oxygen atoms in total. The Labute approximate surface area is 128 Å². The molecule has 0 amide bonds. The molecule has 1 aliphatic heterocycles.